The SMILES string of the molecule is Cc1cnc(-c2[c-]ccc3c2Oc2cccc4c2B3c2ccccc2O4)cc1C(C)C.[Ir].[c-]1ccccc1-c1ccccn1. The molecule has 4 aromatic carbocycles. The summed E-state index contributed by atoms with van der Waals surface area (Å²) in [4.78, 5) is 8.96. The molecule has 0 atom stereocenters. The van der Waals surface area contributed by atoms with Crippen LogP contribution in [0.3, 0.4) is 0 Å². The fourth-order valence-electron chi connectivity index (χ4n) is 5.91. The van der Waals surface area contributed by atoms with Crippen LogP contribution >= 0.6 is 0 Å². The molecule has 4 heterocycles. The van der Waals surface area contributed by atoms with Gasteiger partial charge in [0.05, 0.1) is 0 Å². The Balaban J connectivity index is 0.000000222. The van der Waals surface area contributed by atoms with Gasteiger partial charge in [-0.15, -0.1) is 59.6 Å². The van der Waals surface area contributed by atoms with Crippen molar-refractivity contribution in [1.29, 1.82) is 0 Å². The zero-order valence-corrected chi connectivity index (χ0v) is 27.1. The molecule has 0 unspecified atom stereocenters. The molecule has 4 nitrogen and oxygen atoms in total. The molecule has 0 fully saturated rings. The summed E-state index contributed by atoms with van der Waals surface area (Å²) >= 11 is 0. The van der Waals surface area contributed by atoms with Crippen LogP contribution < -0.4 is 25.9 Å². The minimum absolute atomic E-state index is 0. The first-order valence-electron chi connectivity index (χ1n) is 14.6. The second kappa shape index (κ2) is 12.6. The molecule has 6 heteroatoms. The fourth-order valence-corrected chi connectivity index (χ4v) is 5.91. The Kier molecular flexibility index (Phi) is 8.48. The third kappa shape index (κ3) is 5.48. The minimum atomic E-state index is 0. The maximum atomic E-state index is 6.50. The summed E-state index contributed by atoms with van der Waals surface area (Å²) in [5, 5.41) is 0. The Morgan fingerprint density at radius 3 is 2.25 bits per heavy atom. The average Bonchev–Trinajstić information content (AvgIpc) is 3.06. The van der Waals surface area contributed by atoms with Gasteiger partial charge >= 0.3 is 0 Å². The first-order chi connectivity index (χ1) is 21.1. The molecule has 44 heavy (non-hydrogen) atoms. The Labute approximate surface area is 272 Å². The van der Waals surface area contributed by atoms with Crippen molar-refractivity contribution in [2.75, 3.05) is 0 Å². The molecule has 217 valence electrons. The quantitative estimate of drug-likeness (QED) is 0.141. The molecule has 0 aliphatic carbocycles. The van der Waals surface area contributed by atoms with Crippen LogP contribution in [0.15, 0.2) is 116 Å². The van der Waals surface area contributed by atoms with Crippen molar-refractivity contribution in [3.05, 3.63) is 139 Å². The van der Waals surface area contributed by atoms with Crippen molar-refractivity contribution in [3.8, 4) is 45.5 Å². The number of para-hydroxylation sites is 1. The van der Waals surface area contributed by atoms with Gasteiger partial charge < -0.3 is 19.4 Å². The third-order valence-corrected chi connectivity index (χ3v) is 7.94. The largest absolute Gasteiger partial charge is 0.503 e. The number of aryl methyl sites for hydroxylation is 1. The summed E-state index contributed by atoms with van der Waals surface area (Å²) in [5.41, 5.74) is 9.68. The third-order valence-electron chi connectivity index (χ3n) is 7.94. The monoisotopic (exact) mass is 749 g/mol. The summed E-state index contributed by atoms with van der Waals surface area (Å²) < 4.78 is 12.7. The van der Waals surface area contributed by atoms with Gasteiger partial charge in [0.2, 0.25) is 6.71 Å². The van der Waals surface area contributed by atoms with E-state index < -0.39 is 0 Å². The molecule has 0 bridgehead atoms. The molecule has 0 spiro atoms. The Morgan fingerprint density at radius 2 is 1.48 bits per heavy atom. The van der Waals surface area contributed by atoms with Gasteiger partial charge in [0.25, 0.3) is 0 Å². The second-order valence-corrected chi connectivity index (χ2v) is 11.1. The predicted octanol–water partition coefficient (Wildman–Crippen LogP) is 7.25. The zero-order chi connectivity index (χ0) is 29.3. The van der Waals surface area contributed by atoms with Crippen LogP contribution in [0.4, 0.5) is 0 Å². The maximum absolute atomic E-state index is 6.50. The minimum Gasteiger partial charge on any atom is -0.503 e. The standard InChI is InChI=1S/C27H21BNO2.C11H8N.Ir/c1-16(2)19-14-22(29-15-17(19)3)18-8-6-10-21-27(18)31-25-13-7-12-24-26(25)28(21)20-9-4-5-11-23(20)30-24;1-2-6-10(7-3-1)11-8-4-5-9-12-11;/h4-7,9-16H,1-3H3;1-6,8-9H;/q2*-1;. The Bertz CT molecular complexity index is 1890. The number of ether oxygens (including phenoxy) is 2. The van der Waals surface area contributed by atoms with Crippen LogP contribution in [0.2, 0.25) is 0 Å². The van der Waals surface area contributed by atoms with Gasteiger partial charge in [0, 0.05) is 43.7 Å². The van der Waals surface area contributed by atoms with Crippen molar-refractivity contribution in [2.24, 2.45) is 0 Å². The smallest absolute Gasteiger partial charge is 0.241 e. The first kappa shape index (κ1) is 29.6. The van der Waals surface area contributed by atoms with E-state index in [2.05, 4.69) is 62.2 Å². The van der Waals surface area contributed by atoms with Gasteiger partial charge in [-0.3, -0.25) is 0 Å². The number of fused-ring (bicyclic) bond motifs is 4. The van der Waals surface area contributed by atoms with Crippen LogP contribution in [0.1, 0.15) is 30.9 Å². The van der Waals surface area contributed by atoms with Crippen molar-refractivity contribution in [2.45, 2.75) is 26.7 Å². The van der Waals surface area contributed by atoms with Crippen LogP contribution in [0, 0.1) is 19.1 Å². The van der Waals surface area contributed by atoms with Crippen molar-refractivity contribution in [3.63, 3.8) is 0 Å². The maximum Gasteiger partial charge on any atom is 0.241 e. The van der Waals surface area contributed by atoms with E-state index in [0.29, 0.717) is 5.92 Å². The zero-order valence-electron chi connectivity index (χ0n) is 24.7. The molecular formula is C38H29BIrN2O2-2. The van der Waals surface area contributed by atoms with Crippen LogP contribution in [0.5, 0.6) is 23.0 Å². The summed E-state index contributed by atoms with van der Waals surface area (Å²) in [7, 11) is 0. The van der Waals surface area contributed by atoms with Crippen molar-refractivity contribution < 1.29 is 29.6 Å². The molecule has 2 aliphatic rings. The van der Waals surface area contributed by atoms with E-state index in [1.165, 1.54) is 11.1 Å². The van der Waals surface area contributed by atoms with E-state index >= 15 is 0 Å². The predicted molar refractivity (Wildman–Crippen MR) is 174 cm³/mol. The molecule has 1 radical (unpaired) electrons. The van der Waals surface area contributed by atoms with Crippen LogP contribution in [-0.2, 0) is 20.1 Å². The molecule has 0 saturated carbocycles. The normalized spacial score (nSPS) is 11.9. The van der Waals surface area contributed by atoms with Crippen molar-refractivity contribution >= 4 is 23.1 Å². The molecule has 6 aromatic rings. The Morgan fingerprint density at radius 1 is 0.705 bits per heavy atom. The van der Waals surface area contributed by atoms with Crippen LogP contribution in [-0.4, -0.2) is 16.7 Å². The van der Waals surface area contributed by atoms with E-state index in [4.69, 9.17) is 14.5 Å². The first-order valence-corrected chi connectivity index (χ1v) is 14.6. The van der Waals surface area contributed by atoms with E-state index in [1.807, 2.05) is 85.1 Å². The number of hydrogen-bond acceptors (Lipinski definition) is 4. The summed E-state index contributed by atoms with van der Waals surface area (Å²) in [6, 6.07) is 40.8. The van der Waals surface area contributed by atoms with E-state index in [1.54, 1.807) is 6.20 Å². The van der Waals surface area contributed by atoms with Gasteiger partial charge in [-0.2, -0.15) is 0 Å². The van der Waals surface area contributed by atoms with E-state index in [-0.39, 0.29) is 26.8 Å². The fraction of sp³-hybridized carbons (Fsp3) is 0.105. The van der Waals surface area contributed by atoms with Crippen molar-refractivity contribution in [1.82, 2.24) is 9.97 Å². The molecular weight excluding hydrogens is 719 g/mol. The average molecular weight is 749 g/mol. The van der Waals surface area contributed by atoms with Crippen LogP contribution in [0.25, 0.3) is 22.5 Å². The number of pyridine rings is 2. The molecule has 0 saturated heterocycles. The molecule has 2 aromatic heterocycles. The number of aromatic nitrogens is 2. The number of rotatable bonds is 3. The van der Waals surface area contributed by atoms with E-state index in [9.17, 15) is 0 Å². The van der Waals surface area contributed by atoms with Gasteiger partial charge in [-0.05, 0) is 65.1 Å². The molecule has 0 N–H and O–H groups in total. The molecule has 8 rings (SSSR count). The summed E-state index contributed by atoms with van der Waals surface area (Å²) in [5.74, 6) is 3.85. The van der Waals surface area contributed by atoms with Gasteiger partial charge in [0.1, 0.15) is 17.2 Å². The van der Waals surface area contributed by atoms with Gasteiger partial charge in [0.15, 0.2) is 0 Å². The van der Waals surface area contributed by atoms with Gasteiger partial charge in [-0.1, -0.05) is 61.9 Å². The summed E-state index contributed by atoms with van der Waals surface area (Å²) in [6.07, 6.45) is 3.74. The number of hydrogen-bond donors (Lipinski definition) is 0. The number of benzene rings is 4. The molecule has 0 amide bonds. The second-order valence-electron chi connectivity index (χ2n) is 11.1. The van der Waals surface area contributed by atoms with Gasteiger partial charge in [-0.25, -0.2) is 0 Å². The molecule has 2 aliphatic heterocycles. The van der Waals surface area contributed by atoms with E-state index in [0.717, 1.165) is 61.9 Å². The topological polar surface area (TPSA) is 44.2 Å². The number of nitrogens with zero attached hydrogens (tertiary/aromatic N) is 2. The summed E-state index contributed by atoms with van der Waals surface area (Å²) in [6.45, 7) is 6.60. The Hall–Kier alpha value is -4.51.